The SMILES string of the molecule is CCC(O)C(O)CC(N)CC1(C)OCCO1. The van der Waals surface area contributed by atoms with Gasteiger partial charge in [0.15, 0.2) is 5.79 Å². The van der Waals surface area contributed by atoms with Crippen molar-refractivity contribution in [2.24, 2.45) is 5.73 Å². The van der Waals surface area contributed by atoms with Crippen molar-refractivity contribution in [2.75, 3.05) is 13.2 Å². The lowest BCUT2D eigenvalue weighted by atomic mass is 9.98. The second kappa shape index (κ2) is 5.93. The lowest BCUT2D eigenvalue weighted by molar-refractivity contribution is -0.151. The third kappa shape index (κ3) is 3.99. The largest absolute Gasteiger partial charge is 0.390 e. The second-order valence-electron chi connectivity index (χ2n) is 4.57. The summed E-state index contributed by atoms with van der Waals surface area (Å²) in [5, 5.41) is 19.1. The number of aliphatic hydroxyl groups excluding tert-OH is 2. The maximum absolute atomic E-state index is 9.63. The summed E-state index contributed by atoms with van der Waals surface area (Å²) in [4.78, 5) is 0. The molecule has 1 aliphatic rings. The van der Waals surface area contributed by atoms with Gasteiger partial charge in [0, 0.05) is 12.5 Å². The van der Waals surface area contributed by atoms with Crippen LogP contribution in [0.25, 0.3) is 0 Å². The van der Waals surface area contributed by atoms with Gasteiger partial charge in [0.05, 0.1) is 25.4 Å². The van der Waals surface area contributed by atoms with E-state index < -0.39 is 18.0 Å². The van der Waals surface area contributed by atoms with Crippen molar-refractivity contribution < 1.29 is 19.7 Å². The van der Waals surface area contributed by atoms with E-state index in [1.165, 1.54) is 0 Å². The van der Waals surface area contributed by atoms with Gasteiger partial charge in [-0.15, -0.1) is 0 Å². The van der Waals surface area contributed by atoms with Crippen LogP contribution in [-0.4, -0.2) is 47.5 Å². The van der Waals surface area contributed by atoms with E-state index in [-0.39, 0.29) is 6.04 Å². The normalized spacial score (nSPS) is 25.3. The molecule has 0 bridgehead atoms. The van der Waals surface area contributed by atoms with Gasteiger partial charge < -0.3 is 25.4 Å². The van der Waals surface area contributed by atoms with Crippen LogP contribution in [0.4, 0.5) is 0 Å². The van der Waals surface area contributed by atoms with Gasteiger partial charge in [-0.05, 0) is 19.8 Å². The van der Waals surface area contributed by atoms with Crippen molar-refractivity contribution in [2.45, 2.75) is 57.1 Å². The molecule has 3 unspecified atom stereocenters. The summed E-state index contributed by atoms with van der Waals surface area (Å²) in [6.07, 6.45) is -0.0649. The zero-order valence-corrected chi connectivity index (χ0v) is 10.1. The molecule has 4 N–H and O–H groups in total. The highest BCUT2D eigenvalue weighted by atomic mass is 16.7. The molecule has 5 nitrogen and oxygen atoms in total. The predicted molar refractivity (Wildman–Crippen MR) is 59.8 cm³/mol. The summed E-state index contributed by atoms with van der Waals surface area (Å²) < 4.78 is 10.9. The molecular weight excluding hydrogens is 210 g/mol. The third-order valence-electron chi connectivity index (χ3n) is 2.94. The van der Waals surface area contributed by atoms with Gasteiger partial charge >= 0.3 is 0 Å². The fraction of sp³-hybridized carbons (Fsp3) is 1.00. The first-order chi connectivity index (χ1) is 7.47. The minimum absolute atomic E-state index is 0.237. The summed E-state index contributed by atoms with van der Waals surface area (Å²) in [5.74, 6) is -0.629. The third-order valence-corrected chi connectivity index (χ3v) is 2.94. The maximum Gasteiger partial charge on any atom is 0.167 e. The van der Waals surface area contributed by atoms with E-state index >= 15 is 0 Å². The Morgan fingerprint density at radius 1 is 1.25 bits per heavy atom. The molecule has 1 rings (SSSR count). The summed E-state index contributed by atoms with van der Waals surface area (Å²) >= 11 is 0. The Morgan fingerprint density at radius 2 is 1.81 bits per heavy atom. The minimum atomic E-state index is -0.773. The molecule has 3 atom stereocenters. The van der Waals surface area contributed by atoms with E-state index in [1.54, 1.807) is 0 Å². The van der Waals surface area contributed by atoms with E-state index in [1.807, 2.05) is 13.8 Å². The van der Waals surface area contributed by atoms with Crippen LogP contribution in [0.2, 0.25) is 0 Å². The van der Waals surface area contributed by atoms with Crippen LogP contribution in [0.1, 0.15) is 33.1 Å². The summed E-state index contributed by atoms with van der Waals surface area (Å²) in [6, 6.07) is -0.237. The molecule has 0 aromatic heterocycles. The highest BCUT2D eigenvalue weighted by Crippen LogP contribution is 2.25. The number of hydrogen-bond acceptors (Lipinski definition) is 5. The molecule has 0 aromatic carbocycles. The van der Waals surface area contributed by atoms with Gasteiger partial charge in [0.1, 0.15) is 0 Å². The average Bonchev–Trinajstić information content (AvgIpc) is 2.62. The molecule has 0 saturated carbocycles. The van der Waals surface area contributed by atoms with E-state index in [0.717, 1.165) is 0 Å². The minimum Gasteiger partial charge on any atom is -0.390 e. The van der Waals surface area contributed by atoms with Crippen molar-refractivity contribution in [1.29, 1.82) is 0 Å². The zero-order chi connectivity index (χ0) is 12.2. The van der Waals surface area contributed by atoms with Crippen LogP contribution < -0.4 is 5.73 Å². The standard InChI is InChI=1S/C11H23NO4/c1-3-9(13)10(14)6-8(12)7-11(2)15-4-5-16-11/h8-10,13-14H,3-7,12H2,1-2H3. The maximum atomic E-state index is 9.63. The van der Waals surface area contributed by atoms with Crippen LogP contribution in [-0.2, 0) is 9.47 Å². The topological polar surface area (TPSA) is 84.9 Å². The van der Waals surface area contributed by atoms with Crippen molar-refractivity contribution in [3.05, 3.63) is 0 Å². The average molecular weight is 233 g/mol. The van der Waals surface area contributed by atoms with Gasteiger partial charge in [-0.2, -0.15) is 0 Å². The smallest absolute Gasteiger partial charge is 0.167 e. The van der Waals surface area contributed by atoms with Gasteiger partial charge in [-0.1, -0.05) is 6.92 Å². The molecule has 16 heavy (non-hydrogen) atoms. The van der Waals surface area contributed by atoms with Gasteiger partial charge in [-0.3, -0.25) is 0 Å². The van der Waals surface area contributed by atoms with Crippen molar-refractivity contribution in [1.82, 2.24) is 0 Å². The molecule has 0 radical (unpaired) electrons. The Labute approximate surface area is 96.5 Å². The first kappa shape index (κ1) is 13.9. The molecule has 5 heteroatoms. The number of ether oxygens (including phenoxy) is 2. The van der Waals surface area contributed by atoms with Crippen LogP contribution in [0.15, 0.2) is 0 Å². The molecule has 1 aliphatic heterocycles. The Hall–Kier alpha value is -0.200. The van der Waals surface area contributed by atoms with Crippen LogP contribution in [0.3, 0.4) is 0 Å². The number of nitrogens with two attached hydrogens (primary N) is 1. The summed E-state index contributed by atoms with van der Waals surface area (Å²) in [5.41, 5.74) is 5.90. The Kier molecular flexibility index (Phi) is 5.14. The molecule has 0 spiro atoms. The Morgan fingerprint density at radius 3 is 2.31 bits per heavy atom. The molecule has 96 valence electrons. The van der Waals surface area contributed by atoms with Crippen LogP contribution in [0, 0.1) is 0 Å². The van der Waals surface area contributed by atoms with Gasteiger partial charge in [0.2, 0.25) is 0 Å². The fourth-order valence-corrected chi connectivity index (χ4v) is 1.97. The molecule has 0 amide bonds. The quantitative estimate of drug-likeness (QED) is 0.601. The van der Waals surface area contributed by atoms with Crippen molar-refractivity contribution in [3.63, 3.8) is 0 Å². The first-order valence-electron chi connectivity index (χ1n) is 5.86. The highest BCUT2D eigenvalue weighted by Gasteiger charge is 2.33. The highest BCUT2D eigenvalue weighted by molar-refractivity contribution is 4.79. The monoisotopic (exact) mass is 233 g/mol. The van der Waals surface area contributed by atoms with Crippen LogP contribution in [0.5, 0.6) is 0 Å². The second-order valence-corrected chi connectivity index (χ2v) is 4.57. The summed E-state index contributed by atoms with van der Waals surface area (Å²) in [7, 11) is 0. The molecule has 0 aromatic rings. The Bertz CT molecular complexity index is 206. The van der Waals surface area contributed by atoms with E-state index in [4.69, 9.17) is 15.2 Å². The van der Waals surface area contributed by atoms with Gasteiger partial charge in [0.25, 0.3) is 0 Å². The zero-order valence-electron chi connectivity index (χ0n) is 10.1. The lowest BCUT2D eigenvalue weighted by Crippen LogP contribution is -2.39. The van der Waals surface area contributed by atoms with Crippen molar-refractivity contribution in [3.8, 4) is 0 Å². The Balaban J connectivity index is 2.32. The fourth-order valence-electron chi connectivity index (χ4n) is 1.97. The number of rotatable bonds is 6. The van der Waals surface area contributed by atoms with Crippen molar-refractivity contribution >= 4 is 0 Å². The molecule has 1 saturated heterocycles. The first-order valence-corrected chi connectivity index (χ1v) is 5.86. The predicted octanol–water partition coefficient (Wildman–Crippen LogP) is -0.0113. The van der Waals surface area contributed by atoms with E-state index in [9.17, 15) is 10.2 Å². The molecule has 1 fully saturated rings. The van der Waals surface area contributed by atoms with E-state index in [0.29, 0.717) is 32.5 Å². The van der Waals surface area contributed by atoms with Crippen LogP contribution >= 0.6 is 0 Å². The van der Waals surface area contributed by atoms with Gasteiger partial charge in [-0.25, -0.2) is 0 Å². The molecular formula is C11H23NO4. The van der Waals surface area contributed by atoms with E-state index in [2.05, 4.69) is 0 Å². The number of hydrogen-bond donors (Lipinski definition) is 3. The summed E-state index contributed by atoms with van der Waals surface area (Å²) in [6.45, 7) is 4.85. The number of aliphatic hydroxyl groups is 2. The molecule has 1 heterocycles. The molecule has 0 aliphatic carbocycles. The lowest BCUT2D eigenvalue weighted by Gasteiger charge is -2.27.